The number of aryl methyl sites for hydroxylation is 1. The molecule has 0 saturated heterocycles. The Hall–Kier alpha value is -2.80. The summed E-state index contributed by atoms with van der Waals surface area (Å²) < 4.78 is 5.55. The highest BCUT2D eigenvalue weighted by atomic mass is 16.4. The first-order valence-corrected chi connectivity index (χ1v) is 10.2. The topological polar surface area (TPSA) is 98.9 Å². The molecule has 1 amide bonds. The Bertz CT molecular complexity index is 879. The molecular weight excluding hydrogens is 380 g/mol. The Balaban J connectivity index is 2.05. The highest BCUT2D eigenvalue weighted by Crippen LogP contribution is 2.21. The lowest BCUT2D eigenvalue weighted by molar-refractivity contribution is 0.0378. The molecule has 1 aromatic heterocycles. The highest BCUT2D eigenvalue weighted by Gasteiger charge is 2.27. The SMILES string of the molecule is CCNC(=NCc1cccc(C(=O)NC(C)(C)C)c1)NCC(C)(O)c1ccc(C)o1. The summed E-state index contributed by atoms with van der Waals surface area (Å²) in [6, 6.07) is 11.0. The number of aliphatic hydroxyl groups is 1. The zero-order valence-electron chi connectivity index (χ0n) is 18.8. The first-order valence-electron chi connectivity index (χ1n) is 10.2. The van der Waals surface area contributed by atoms with Crippen molar-refractivity contribution in [3.63, 3.8) is 0 Å². The number of nitrogens with zero attached hydrogens (tertiary/aromatic N) is 1. The third-order valence-corrected chi connectivity index (χ3v) is 4.31. The molecule has 2 aromatic rings. The lowest BCUT2D eigenvalue weighted by Crippen LogP contribution is -2.44. The highest BCUT2D eigenvalue weighted by molar-refractivity contribution is 5.94. The van der Waals surface area contributed by atoms with Gasteiger partial charge < -0.3 is 25.5 Å². The largest absolute Gasteiger partial charge is 0.463 e. The fourth-order valence-electron chi connectivity index (χ4n) is 2.80. The molecule has 0 radical (unpaired) electrons. The molecule has 0 saturated carbocycles. The van der Waals surface area contributed by atoms with Gasteiger partial charge in [-0.15, -0.1) is 0 Å². The predicted octanol–water partition coefficient (Wildman–Crippen LogP) is 3.08. The third kappa shape index (κ3) is 7.22. The Morgan fingerprint density at radius 3 is 2.47 bits per heavy atom. The van der Waals surface area contributed by atoms with Gasteiger partial charge in [-0.05, 0) is 71.4 Å². The maximum Gasteiger partial charge on any atom is 0.251 e. The van der Waals surface area contributed by atoms with Crippen LogP contribution in [0.3, 0.4) is 0 Å². The Morgan fingerprint density at radius 1 is 1.13 bits per heavy atom. The standard InChI is InChI=1S/C23H34N4O3/c1-7-24-21(26-15-23(6,29)19-12-11-16(2)30-19)25-14-17-9-8-10-18(13-17)20(28)27-22(3,4)5/h8-13,29H,7,14-15H2,1-6H3,(H,27,28)(H2,24,25,26). The molecular formula is C23H34N4O3. The van der Waals surface area contributed by atoms with Crippen LogP contribution in [-0.2, 0) is 12.1 Å². The van der Waals surface area contributed by atoms with E-state index in [9.17, 15) is 9.90 Å². The second-order valence-electron chi connectivity index (χ2n) is 8.64. The second-order valence-corrected chi connectivity index (χ2v) is 8.64. The fraction of sp³-hybridized carbons (Fsp3) is 0.478. The van der Waals surface area contributed by atoms with Gasteiger partial charge in [-0.25, -0.2) is 4.99 Å². The smallest absolute Gasteiger partial charge is 0.251 e. The minimum absolute atomic E-state index is 0.108. The molecule has 30 heavy (non-hydrogen) atoms. The van der Waals surface area contributed by atoms with Crippen molar-refractivity contribution in [3.8, 4) is 0 Å². The lowest BCUT2D eigenvalue weighted by Gasteiger charge is -2.23. The summed E-state index contributed by atoms with van der Waals surface area (Å²) in [5.41, 5.74) is 0.0561. The van der Waals surface area contributed by atoms with Crippen LogP contribution in [0, 0.1) is 6.92 Å². The molecule has 164 valence electrons. The van der Waals surface area contributed by atoms with Crippen LogP contribution in [0.25, 0.3) is 0 Å². The lowest BCUT2D eigenvalue weighted by atomic mass is 10.0. The number of hydrogen-bond donors (Lipinski definition) is 4. The number of furan rings is 1. The van der Waals surface area contributed by atoms with Crippen molar-refractivity contribution in [1.82, 2.24) is 16.0 Å². The summed E-state index contributed by atoms with van der Waals surface area (Å²) in [6.07, 6.45) is 0. The number of carbonyl (C=O) groups is 1. The van der Waals surface area contributed by atoms with Gasteiger partial charge in [0.05, 0.1) is 13.1 Å². The molecule has 4 N–H and O–H groups in total. The van der Waals surface area contributed by atoms with E-state index in [4.69, 9.17) is 4.42 Å². The first-order chi connectivity index (χ1) is 14.0. The van der Waals surface area contributed by atoms with Crippen molar-refractivity contribution in [2.75, 3.05) is 13.1 Å². The zero-order chi connectivity index (χ0) is 22.4. The molecule has 0 fully saturated rings. The summed E-state index contributed by atoms with van der Waals surface area (Å²) >= 11 is 0. The maximum atomic E-state index is 12.4. The Kier molecular flexibility index (Phi) is 7.67. The van der Waals surface area contributed by atoms with E-state index >= 15 is 0 Å². The third-order valence-electron chi connectivity index (χ3n) is 4.31. The fourth-order valence-corrected chi connectivity index (χ4v) is 2.80. The summed E-state index contributed by atoms with van der Waals surface area (Å²) in [4.78, 5) is 17.0. The molecule has 7 heteroatoms. The van der Waals surface area contributed by atoms with E-state index in [1.165, 1.54) is 0 Å². The van der Waals surface area contributed by atoms with Crippen LogP contribution in [0.1, 0.15) is 62.1 Å². The van der Waals surface area contributed by atoms with E-state index in [-0.39, 0.29) is 18.0 Å². The molecule has 0 bridgehead atoms. The molecule has 7 nitrogen and oxygen atoms in total. The normalized spacial score (nSPS) is 14.2. The van der Waals surface area contributed by atoms with Crippen LogP contribution in [0.2, 0.25) is 0 Å². The van der Waals surface area contributed by atoms with Gasteiger partial charge in [-0.1, -0.05) is 12.1 Å². The van der Waals surface area contributed by atoms with Crippen LogP contribution in [0.4, 0.5) is 0 Å². The van der Waals surface area contributed by atoms with Crippen LogP contribution in [0.15, 0.2) is 45.8 Å². The van der Waals surface area contributed by atoms with Crippen molar-refractivity contribution in [2.45, 2.75) is 59.2 Å². The van der Waals surface area contributed by atoms with Crippen molar-refractivity contribution < 1.29 is 14.3 Å². The van der Waals surface area contributed by atoms with Gasteiger partial charge in [0.1, 0.15) is 17.1 Å². The van der Waals surface area contributed by atoms with Gasteiger partial charge in [-0.2, -0.15) is 0 Å². The van der Waals surface area contributed by atoms with E-state index in [0.717, 1.165) is 11.3 Å². The number of rotatable bonds is 7. The van der Waals surface area contributed by atoms with E-state index in [2.05, 4.69) is 20.9 Å². The van der Waals surface area contributed by atoms with Crippen LogP contribution in [-0.4, -0.2) is 35.6 Å². The molecule has 0 aliphatic carbocycles. The molecule has 1 heterocycles. The van der Waals surface area contributed by atoms with Gasteiger partial charge in [0.25, 0.3) is 5.91 Å². The summed E-state index contributed by atoms with van der Waals surface area (Å²) in [7, 11) is 0. The van der Waals surface area contributed by atoms with Crippen LogP contribution < -0.4 is 16.0 Å². The number of nitrogens with one attached hydrogen (secondary N) is 3. The second kappa shape index (κ2) is 9.80. The average Bonchev–Trinajstić information content (AvgIpc) is 3.10. The maximum absolute atomic E-state index is 12.4. The van der Waals surface area contributed by atoms with Gasteiger partial charge in [0, 0.05) is 17.6 Å². The molecule has 0 aliphatic heterocycles. The monoisotopic (exact) mass is 414 g/mol. The molecule has 1 atom stereocenters. The van der Waals surface area contributed by atoms with Crippen molar-refractivity contribution in [2.24, 2.45) is 4.99 Å². The Labute approximate surface area is 179 Å². The molecule has 1 aromatic carbocycles. The molecule has 0 aliphatic rings. The minimum atomic E-state index is -1.17. The summed E-state index contributed by atoms with van der Waals surface area (Å²) in [5.74, 6) is 1.72. The van der Waals surface area contributed by atoms with Crippen molar-refractivity contribution >= 4 is 11.9 Å². The van der Waals surface area contributed by atoms with Gasteiger partial charge in [0.2, 0.25) is 0 Å². The van der Waals surface area contributed by atoms with Gasteiger partial charge in [-0.3, -0.25) is 4.79 Å². The van der Waals surface area contributed by atoms with Crippen LogP contribution in [0.5, 0.6) is 0 Å². The number of carbonyl (C=O) groups excluding carboxylic acids is 1. The quantitative estimate of drug-likeness (QED) is 0.412. The predicted molar refractivity (Wildman–Crippen MR) is 119 cm³/mol. The Morgan fingerprint density at radius 2 is 1.87 bits per heavy atom. The summed E-state index contributed by atoms with van der Waals surface area (Å²) in [5, 5.41) is 20.0. The number of amides is 1. The van der Waals surface area contributed by atoms with Crippen LogP contribution >= 0.6 is 0 Å². The van der Waals surface area contributed by atoms with E-state index in [1.54, 1.807) is 19.1 Å². The molecule has 2 rings (SSSR count). The number of guanidine groups is 1. The van der Waals surface area contributed by atoms with E-state index < -0.39 is 5.60 Å². The molecule has 1 unspecified atom stereocenters. The molecule has 0 spiro atoms. The van der Waals surface area contributed by atoms with E-state index in [1.807, 2.05) is 58.9 Å². The summed E-state index contributed by atoms with van der Waals surface area (Å²) in [6.45, 7) is 12.7. The zero-order valence-corrected chi connectivity index (χ0v) is 18.8. The van der Waals surface area contributed by atoms with Gasteiger partial charge in [0.15, 0.2) is 5.96 Å². The first kappa shape index (κ1) is 23.5. The van der Waals surface area contributed by atoms with E-state index in [0.29, 0.717) is 30.4 Å². The average molecular weight is 415 g/mol. The number of aliphatic imine (C=N–C) groups is 1. The van der Waals surface area contributed by atoms with Crippen molar-refractivity contribution in [3.05, 3.63) is 59.0 Å². The van der Waals surface area contributed by atoms with Crippen molar-refractivity contribution in [1.29, 1.82) is 0 Å². The minimum Gasteiger partial charge on any atom is -0.463 e. The number of benzene rings is 1. The van der Waals surface area contributed by atoms with Gasteiger partial charge >= 0.3 is 0 Å². The number of hydrogen-bond acceptors (Lipinski definition) is 4.